The van der Waals surface area contributed by atoms with Crippen LogP contribution in [0.2, 0.25) is 10.0 Å². The first kappa shape index (κ1) is 13.9. The van der Waals surface area contributed by atoms with Crippen LogP contribution in [0.4, 0.5) is 0 Å². The number of rotatable bonds is 5. The molecular weight excluding hydrogens is 273 g/mol. The molecule has 100 valence electrons. The molecule has 1 N–H and O–H groups in total. The standard InChI is InChI=1S/C13H17Cl2NO2/c1-3-16-10-7-12(13(10)17-2)18-11-5-4-8(14)6-9(11)15/h4-6,10,12-13,16H,3,7H2,1-2H3. The highest BCUT2D eigenvalue weighted by molar-refractivity contribution is 6.35. The number of nitrogens with one attached hydrogen (secondary N) is 1. The van der Waals surface area contributed by atoms with Crippen molar-refractivity contribution in [2.75, 3.05) is 13.7 Å². The van der Waals surface area contributed by atoms with E-state index in [9.17, 15) is 0 Å². The van der Waals surface area contributed by atoms with Crippen LogP contribution < -0.4 is 10.1 Å². The molecule has 1 fully saturated rings. The molecule has 0 spiro atoms. The van der Waals surface area contributed by atoms with Gasteiger partial charge in [-0.2, -0.15) is 0 Å². The van der Waals surface area contributed by atoms with Gasteiger partial charge in [-0.25, -0.2) is 0 Å². The Morgan fingerprint density at radius 2 is 2.17 bits per heavy atom. The highest BCUT2D eigenvalue weighted by Crippen LogP contribution is 2.33. The minimum Gasteiger partial charge on any atom is -0.486 e. The smallest absolute Gasteiger partial charge is 0.138 e. The Bertz CT molecular complexity index is 414. The Labute approximate surface area is 117 Å². The van der Waals surface area contributed by atoms with Gasteiger partial charge in [-0.1, -0.05) is 30.1 Å². The van der Waals surface area contributed by atoms with Gasteiger partial charge in [-0.15, -0.1) is 0 Å². The Balaban J connectivity index is 1.98. The van der Waals surface area contributed by atoms with Crippen LogP contribution in [0.1, 0.15) is 13.3 Å². The fourth-order valence-electron chi connectivity index (χ4n) is 2.21. The predicted octanol–water partition coefficient (Wildman–Crippen LogP) is 3.14. The van der Waals surface area contributed by atoms with Crippen molar-refractivity contribution in [3.05, 3.63) is 28.2 Å². The summed E-state index contributed by atoms with van der Waals surface area (Å²) in [6.07, 6.45) is 1.03. The van der Waals surface area contributed by atoms with Crippen LogP contribution in [0.3, 0.4) is 0 Å². The summed E-state index contributed by atoms with van der Waals surface area (Å²) < 4.78 is 11.3. The van der Waals surface area contributed by atoms with E-state index in [4.69, 9.17) is 32.7 Å². The molecule has 1 saturated carbocycles. The first-order chi connectivity index (χ1) is 8.65. The first-order valence-corrected chi connectivity index (χ1v) is 6.79. The van der Waals surface area contributed by atoms with Gasteiger partial charge >= 0.3 is 0 Å². The molecule has 18 heavy (non-hydrogen) atoms. The summed E-state index contributed by atoms with van der Waals surface area (Å²) in [4.78, 5) is 0. The van der Waals surface area contributed by atoms with E-state index in [1.807, 2.05) is 0 Å². The third-order valence-corrected chi connectivity index (χ3v) is 3.69. The van der Waals surface area contributed by atoms with E-state index in [0.717, 1.165) is 13.0 Å². The van der Waals surface area contributed by atoms with Crippen LogP contribution in [-0.2, 0) is 4.74 Å². The largest absolute Gasteiger partial charge is 0.486 e. The molecule has 2 rings (SSSR count). The van der Waals surface area contributed by atoms with E-state index in [1.54, 1.807) is 25.3 Å². The second kappa shape index (κ2) is 6.11. The lowest BCUT2D eigenvalue weighted by molar-refractivity contribution is -0.0883. The molecule has 3 nitrogen and oxygen atoms in total. The molecule has 0 aliphatic heterocycles. The number of halogens is 2. The Morgan fingerprint density at radius 3 is 2.78 bits per heavy atom. The molecule has 0 aromatic heterocycles. The van der Waals surface area contributed by atoms with E-state index in [1.165, 1.54) is 0 Å². The molecule has 1 aromatic rings. The van der Waals surface area contributed by atoms with Crippen LogP contribution in [0.5, 0.6) is 5.75 Å². The Kier molecular flexibility index (Phi) is 4.73. The summed E-state index contributed by atoms with van der Waals surface area (Å²) in [6, 6.07) is 5.60. The average molecular weight is 290 g/mol. The summed E-state index contributed by atoms with van der Waals surface area (Å²) in [7, 11) is 1.70. The van der Waals surface area contributed by atoms with Crippen molar-refractivity contribution in [3.63, 3.8) is 0 Å². The predicted molar refractivity (Wildman–Crippen MR) is 73.8 cm³/mol. The molecule has 3 atom stereocenters. The van der Waals surface area contributed by atoms with E-state index in [2.05, 4.69) is 12.2 Å². The van der Waals surface area contributed by atoms with Crippen molar-refractivity contribution in [3.8, 4) is 5.75 Å². The Morgan fingerprint density at radius 1 is 1.39 bits per heavy atom. The molecule has 1 aromatic carbocycles. The van der Waals surface area contributed by atoms with Gasteiger partial charge < -0.3 is 14.8 Å². The fraction of sp³-hybridized carbons (Fsp3) is 0.538. The van der Waals surface area contributed by atoms with Gasteiger partial charge in [0.05, 0.1) is 5.02 Å². The fourth-order valence-corrected chi connectivity index (χ4v) is 2.66. The maximum Gasteiger partial charge on any atom is 0.138 e. The van der Waals surface area contributed by atoms with Crippen molar-refractivity contribution < 1.29 is 9.47 Å². The quantitative estimate of drug-likeness (QED) is 0.903. The average Bonchev–Trinajstić information content (AvgIpc) is 2.31. The number of hydrogen-bond acceptors (Lipinski definition) is 3. The molecular formula is C13H17Cl2NO2. The van der Waals surface area contributed by atoms with E-state index >= 15 is 0 Å². The molecule has 0 radical (unpaired) electrons. The number of benzene rings is 1. The van der Waals surface area contributed by atoms with Gasteiger partial charge in [0.15, 0.2) is 0 Å². The zero-order valence-electron chi connectivity index (χ0n) is 10.5. The topological polar surface area (TPSA) is 30.5 Å². The van der Waals surface area contributed by atoms with Crippen LogP contribution in [0.25, 0.3) is 0 Å². The van der Waals surface area contributed by atoms with Crippen molar-refractivity contribution in [2.45, 2.75) is 31.6 Å². The summed E-state index contributed by atoms with van der Waals surface area (Å²) in [5, 5.41) is 4.50. The van der Waals surface area contributed by atoms with Crippen molar-refractivity contribution in [1.29, 1.82) is 0 Å². The number of methoxy groups -OCH3 is 1. The van der Waals surface area contributed by atoms with Crippen molar-refractivity contribution in [1.82, 2.24) is 5.32 Å². The number of likely N-dealkylation sites (N-methyl/N-ethyl adjacent to an activating group) is 1. The Hall–Kier alpha value is -0.480. The van der Waals surface area contributed by atoms with Crippen LogP contribution in [-0.4, -0.2) is 31.9 Å². The molecule has 0 bridgehead atoms. The lowest BCUT2D eigenvalue weighted by Gasteiger charge is -2.43. The normalized spacial score (nSPS) is 26.8. The molecule has 5 heteroatoms. The summed E-state index contributed by atoms with van der Waals surface area (Å²) in [5.41, 5.74) is 0. The lowest BCUT2D eigenvalue weighted by atomic mass is 9.85. The van der Waals surface area contributed by atoms with Crippen LogP contribution in [0.15, 0.2) is 18.2 Å². The van der Waals surface area contributed by atoms with Gasteiger partial charge in [-0.05, 0) is 24.7 Å². The van der Waals surface area contributed by atoms with E-state index < -0.39 is 0 Å². The molecule has 0 heterocycles. The zero-order valence-corrected chi connectivity index (χ0v) is 12.0. The maximum atomic E-state index is 6.08. The van der Waals surface area contributed by atoms with Gasteiger partial charge in [0.2, 0.25) is 0 Å². The SMILES string of the molecule is CCNC1CC(Oc2ccc(Cl)cc2Cl)C1OC. The minimum atomic E-state index is 0.0396. The summed E-state index contributed by atoms with van der Waals surface area (Å²) in [6.45, 7) is 3.01. The second-order valence-corrected chi connectivity index (χ2v) is 5.17. The van der Waals surface area contributed by atoms with E-state index in [0.29, 0.717) is 21.8 Å². The molecule has 3 unspecified atom stereocenters. The van der Waals surface area contributed by atoms with Gasteiger partial charge in [0.1, 0.15) is 18.0 Å². The monoisotopic (exact) mass is 289 g/mol. The molecule has 0 saturated heterocycles. The minimum absolute atomic E-state index is 0.0396. The highest BCUT2D eigenvalue weighted by atomic mass is 35.5. The van der Waals surface area contributed by atoms with Crippen LogP contribution >= 0.6 is 23.2 Å². The lowest BCUT2D eigenvalue weighted by Crippen LogP contribution is -2.60. The molecule has 0 amide bonds. The third kappa shape index (κ3) is 2.91. The first-order valence-electron chi connectivity index (χ1n) is 6.03. The number of ether oxygens (including phenoxy) is 2. The van der Waals surface area contributed by atoms with Gasteiger partial charge in [-0.3, -0.25) is 0 Å². The van der Waals surface area contributed by atoms with Gasteiger partial charge in [0, 0.05) is 24.6 Å². The third-order valence-electron chi connectivity index (χ3n) is 3.16. The summed E-state index contributed by atoms with van der Waals surface area (Å²) >= 11 is 11.9. The zero-order chi connectivity index (χ0) is 13.1. The van der Waals surface area contributed by atoms with Crippen molar-refractivity contribution in [2.24, 2.45) is 0 Å². The molecule has 1 aliphatic rings. The van der Waals surface area contributed by atoms with Gasteiger partial charge in [0.25, 0.3) is 0 Å². The maximum absolute atomic E-state index is 6.08. The molecule has 1 aliphatic carbocycles. The van der Waals surface area contributed by atoms with E-state index in [-0.39, 0.29) is 12.2 Å². The van der Waals surface area contributed by atoms with Crippen molar-refractivity contribution >= 4 is 23.2 Å². The van der Waals surface area contributed by atoms with Crippen LogP contribution in [0, 0.1) is 0 Å². The number of hydrogen-bond donors (Lipinski definition) is 1. The summed E-state index contributed by atoms with van der Waals surface area (Å²) in [5.74, 6) is 0.656. The highest BCUT2D eigenvalue weighted by Gasteiger charge is 2.42. The second-order valence-electron chi connectivity index (χ2n) is 4.33.